The Labute approximate surface area is 259 Å². The highest BCUT2D eigenvalue weighted by atomic mass is 35.5. The SMILES string of the molecule is CCCCC(C)CCCC(NCC)c1cc(NC(=O)C2CC(Cl)C(C(F)(F)F)S23CCCCCC3)cn(CC(F)F)c1=O. The molecule has 1 amide bonds. The van der Waals surface area contributed by atoms with E-state index in [4.69, 9.17) is 11.6 Å². The van der Waals surface area contributed by atoms with E-state index < -0.39 is 62.6 Å². The zero-order chi connectivity index (χ0) is 31.8. The van der Waals surface area contributed by atoms with Crippen LogP contribution in [0.25, 0.3) is 0 Å². The van der Waals surface area contributed by atoms with Gasteiger partial charge in [0.15, 0.2) is 0 Å². The molecule has 0 aliphatic carbocycles. The van der Waals surface area contributed by atoms with Crippen molar-refractivity contribution in [1.29, 1.82) is 0 Å². The smallest absolute Gasteiger partial charge is 0.324 e. The molecule has 248 valence electrons. The number of nitrogens with one attached hydrogen (secondary N) is 2. The molecule has 5 unspecified atom stereocenters. The van der Waals surface area contributed by atoms with Gasteiger partial charge in [0, 0.05) is 17.8 Å². The Kier molecular flexibility index (Phi) is 13.7. The number of unbranched alkanes of at least 4 members (excludes halogenated alkanes) is 1. The summed E-state index contributed by atoms with van der Waals surface area (Å²) < 4.78 is 71.0. The summed E-state index contributed by atoms with van der Waals surface area (Å²) in [6.07, 6.45) is 2.51. The second kappa shape index (κ2) is 16.3. The summed E-state index contributed by atoms with van der Waals surface area (Å²) >= 11 is 6.37. The maximum Gasteiger partial charge on any atom is 0.400 e. The number of pyridine rings is 1. The normalized spacial score (nSPS) is 24.6. The van der Waals surface area contributed by atoms with E-state index in [1.165, 1.54) is 12.3 Å². The van der Waals surface area contributed by atoms with E-state index in [1.807, 2.05) is 6.92 Å². The first-order valence-electron chi connectivity index (χ1n) is 15.9. The zero-order valence-corrected chi connectivity index (χ0v) is 27.2. The van der Waals surface area contributed by atoms with Crippen LogP contribution in [0.1, 0.15) is 103 Å². The van der Waals surface area contributed by atoms with Gasteiger partial charge in [-0.05, 0) is 55.7 Å². The van der Waals surface area contributed by atoms with Gasteiger partial charge in [0.25, 0.3) is 12.0 Å². The third-order valence-corrected chi connectivity index (χ3v) is 14.9. The number of nitrogens with zero attached hydrogens (tertiary/aromatic N) is 1. The predicted molar refractivity (Wildman–Crippen MR) is 168 cm³/mol. The molecule has 2 aliphatic rings. The van der Waals surface area contributed by atoms with Gasteiger partial charge in [0.2, 0.25) is 5.91 Å². The van der Waals surface area contributed by atoms with Crippen molar-refractivity contribution in [2.75, 3.05) is 23.4 Å². The number of aromatic nitrogens is 1. The van der Waals surface area contributed by atoms with Crippen molar-refractivity contribution in [2.24, 2.45) is 5.92 Å². The average molecular weight is 658 g/mol. The van der Waals surface area contributed by atoms with E-state index in [0.717, 1.165) is 49.5 Å². The van der Waals surface area contributed by atoms with E-state index in [0.29, 0.717) is 43.2 Å². The number of carbonyl (C=O) groups excluding carboxylic acids is 1. The molecule has 2 N–H and O–H groups in total. The Bertz CT molecular complexity index is 1090. The Morgan fingerprint density at radius 3 is 2.33 bits per heavy atom. The monoisotopic (exact) mass is 657 g/mol. The number of amides is 1. The van der Waals surface area contributed by atoms with Gasteiger partial charge in [-0.2, -0.15) is 13.2 Å². The van der Waals surface area contributed by atoms with Crippen molar-refractivity contribution in [3.8, 4) is 0 Å². The lowest BCUT2D eigenvalue weighted by atomic mass is 9.94. The minimum absolute atomic E-state index is 0.0767. The highest BCUT2D eigenvalue weighted by Crippen LogP contribution is 2.70. The number of hydrogen-bond acceptors (Lipinski definition) is 3. The average Bonchev–Trinajstić information content (AvgIpc) is 3.04. The molecule has 2 fully saturated rings. The minimum atomic E-state index is -4.51. The standard InChI is InChI=1S/C31H49ClF5N3O2S/c1-4-6-12-21(3)13-11-14-25(38-5-2)23-17-22(19-40(30(23)42)20-27(33)34)39-29(41)26-18-24(32)28(31(35,36)37)43(26)15-9-7-8-10-16-43/h17,19,21,24-28,38H,4-16,18,20H2,1-3H3,(H,39,41). The summed E-state index contributed by atoms with van der Waals surface area (Å²) in [6.45, 7) is 5.95. The van der Waals surface area contributed by atoms with E-state index in [1.54, 1.807) is 0 Å². The van der Waals surface area contributed by atoms with Crippen LogP contribution in [0.15, 0.2) is 17.1 Å². The number of carbonyl (C=O) groups is 1. The van der Waals surface area contributed by atoms with E-state index >= 15 is 0 Å². The molecule has 0 aromatic carbocycles. The molecule has 5 nitrogen and oxygen atoms in total. The molecule has 1 spiro atoms. The van der Waals surface area contributed by atoms with Crippen molar-refractivity contribution < 1.29 is 26.7 Å². The van der Waals surface area contributed by atoms with Gasteiger partial charge in [-0.1, -0.05) is 65.7 Å². The molecule has 1 aromatic heterocycles. The van der Waals surface area contributed by atoms with Crippen LogP contribution in [-0.4, -0.2) is 57.0 Å². The minimum Gasteiger partial charge on any atom is -0.324 e. The fourth-order valence-electron chi connectivity index (χ4n) is 6.98. The molecule has 12 heteroatoms. The highest BCUT2D eigenvalue weighted by molar-refractivity contribution is 8.35. The molecular formula is C31H49ClF5N3O2S. The number of alkyl halides is 6. The molecule has 1 aromatic rings. The first-order valence-corrected chi connectivity index (χ1v) is 18.4. The van der Waals surface area contributed by atoms with Gasteiger partial charge in [0.05, 0.1) is 22.9 Å². The number of halogens is 6. The summed E-state index contributed by atoms with van der Waals surface area (Å²) in [6, 6.07) is 1.10. The summed E-state index contributed by atoms with van der Waals surface area (Å²) in [4.78, 5) is 27.2. The van der Waals surface area contributed by atoms with Crippen molar-refractivity contribution in [1.82, 2.24) is 9.88 Å². The number of hydrogen-bond donors (Lipinski definition) is 2. The summed E-state index contributed by atoms with van der Waals surface area (Å²) in [5.74, 6) is 0.647. The Morgan fingerprint density at radius 1 is 1.09 bits per heavy atom. The Morgan fingerprint density at radius 2 is 1.74 bits per heavy atom. The maximum atomic E-state index is 14.4. The molecule has 3 rings (SSSR count). The van der Waals surface area contributed by atoms with E-state index in [2.05, 4.69) is 24.5 Å². The molecular weight excluding hydrogens is 609 g/mol. The van der Waals surface area contributed by atoms with Gasteiger partial charge >= 0.3 is 6.18 Å². The second-order valence-corrected chi connectivity index (χ2v) is 16.8. The maximum absolute atomic E-state index is 14.4. The molecule has 2 saturated heterocycles. The second-order valence-electron chi connectivity index (χ2n) is 12.3. The van der Waals surface area contributed by atoms with Gasteiger partial charge in [-0.3, -0.25) is 9.59 Å². The molecule has 43 heavy (non-hydrogen) atoms. The van der Waals surface area contributed by atoms with Crippen LogP contribution in [0.4, 0.5) is 27.6 Å². The van der Waals surface area contributed by atoms with Crippen molar-refractivity contribution in [3.05, 3.63) is 28.2 Å². The van der Waals surface area contributed by atoms with E-state index in [9.17, 15) is 31.5 Å². The lowest BCUT2D eigenvalue weighted by Gasteiger charge is -2.46. The predicted octanol–water partition coefficient (Wildman–Crippen LogP) is 8.39. The molecule has 2 aliphatic heterocycles. The van der Waals surface area contributed by atoms with Crippen LogP contribution >= 0.6 is 21.6 Å². The van der Waals surface area contributed by atoms with Crippen LogP contribution in [-0.2, 0) is 11.3 Å². The van der Waals surface area contributed by atoms with Gasteiger partial charge in [0.1, 0.15) is 5.25 Å². The molecule has 3 heterocycles. The van der Waals surface area contributed by atoms with Crippen LogP contribution in [0.5, 0.6) is 0 Å². The third-order valence-electron chi connectivity index (χ3n) is 9.04. The quantitative estimate of drug-likeness (QED) is 0.156. The lowest BCUT2D eigenvalue weighted by molar-refractivity contribution is -0.128. The fraction of sp³-hybridized carbons (Fsp3) is 0.806. The number of rotatable bonds is 14. The van der Waals surface area contributed by atoms with Gasteiger partial charge in [-0.25, -0.2) is 18.8 Å². The van der Waals surface area contributed by atoms with Crippen molar-refractivity contribution in [2.45, 2.75) is 132 Å². The van der Waals surface area contributed by atoms with E-state index in [-0.39, 0.29) is 17.7 Å². The molecule has 5 atom stereocenters. The fourth-order valence-corrected chi connectivity index (χ4v) is 13.4. The van der Waals surface area contributed by atoms with Crippen LogP contribution in [0, 0.1) is 5.92 Å². The largest absolute Gasteiger partial charge is 0.400 e. The number of anilines is 1. The Hall–Kier alpha value is -1.33. The van der Waals surface area contributed by atoms with Crippen molar-refractivity contribution in [3.63, 3.8) is 0 Å². The zero-order valence-electron chi connectivity index (χ0n) is 25.7. The molecule has 0 bridgehead atoms. The van der Waals surface area contributed by atoms with Crippen LogP contribution < -0.4 is 16.2 Å². The first kappa shape index (κ1) is 36.1. The lowest BCUT2D eigenvalue weighted by Crippen LogP contribution is -2.42. The van der Waals surface area contributed by atoms with Crippen LogP contribution in [0.3, 0.4) is 0 Å². The van der Waals surface area contributed by atoms with Crippen LogP contribution in [0.2, 0.25) is 0 Å². The van der Waals surface area contributed by atoms with Gasteiger partial charge < -0.3 is 15.2 Å². The highest BCUT2D eigenvalue weighted by Gasteiger charge is 2.62. The van der Waals surface area contributed by atoms with Crippen molar-refractivity contribution >= 4 is 33.2 Å². The third kappa shape index (κ3) is 9.35. The Balaban J connectivity index is 1.92. The van der Waals surface area contributed by atoms with Gasteiger partial charge in [-0.15, -0.1) is 11.6 Å². The molecule has 0 saturated carbocycles. The molecule has 0 radical (unpaired) electrons. The first-order chi connectivity index (χ1) is 20.3. The summed E-state index contributed by atoms with van der Waals surface area (Å²) in [5.41, 5.74) is -0.148. The topological polar surface area (TPSA) is 63.1 Å². The summed E-state index contributed by atoms with van der Waals surface area (Å²) in [7, 11) is -2.48. The summed E-state index contributed by atoms with van der Waals surface area (Å²) in [5, 5.41) is 2.27.